The van der Waals surface area contributed by atoms with E-state index in [1.54, 1.807) is 12.1 Å². The van der Waals surface area contributed by atoms with Gasteiger partial charge in [0.15, 0.2) is 5.76 Å². The van der Waals surface area contributed by atoms with E-state index in [2.05, 4.69) is 10.1 Å². The van der Waals surface area contributed by atoms with Gasteiger partial charge in [0.2, 0.25) is 11.7 Å². The van der Waals surface area contributed by atoms with Crippen LogP contribution in [0.15, 0.2) is 27.3 Å². The number of aliphatic carboxylic acids is 1. The molecule has 0 amide bonds. The molecule has 2 aromatic rings. The zero-order valence-electron chi connectivity index (χ0n) is 12.1. The molecule has 2 aromatic heterocycles. The van der Waals surface area contributed by atoms with Crippen molar-refractivity contribution in [3.05, 3.63) is 24.3 Å². The van der Waals surface area contributed by atoms with Crippen molar-refractivity contribution >= 4 is 18.4 Å². The molecule has 132 valence electrons. The van der Waals surface area contributed by atoms with Crippen molar-refractivity contribution in [3.8, 4) is 11.6 Å². The van der Waals surface area contributed by atoms with E-state index in [0.29, 0.717) is 5.76 Å². The first-order chi connectivity index (χ1) is 10.8. The van der Waals surface area contributed by atoms with Gasteiger partial charge in [0.05, 0.1) is 24.6 Å². The second kappa shape index (κ2) is 6.81. The summed E-state index contributed by atoms with van der Waals surface area (Å²) in [6, 6.07) is 3.25. The van der Waals surface area contributed by atoms with Crippen LogP contribution in [-0.4, -0.2) is 45.4 Å². The summed E-state index contributed by atoms with van der Waals surface area (Å²) in [5, 5.41) is 12.6. The number of rotatable bonds is 4. The van der Waals surface area contributed by atoms with Crippen LogP contribution in [0, 0.1) is 11.8 Å². The number of alkyl halides is 3. The number of hydrogen-bond donors (Lipinski definition) is 1. The minimum absolute atomic E-state index is 0. The minimum atomic E-state index is -4.56. The van der Waals surface area contributed by atoms with Crippen LogP contribution in [0.1, 0.15) is 5.89 Å². The summed E-state index contributed by atoms with van der Waals surface area (Å²) in [7, 11) is 0. The largest absolute Gasteiger partial charge is 0.481 e. The van der Waals surface area contributed by atoms with Gasteiger partial charge < -0.3 is 14.0 Å². The lowest BCUT2D eigenvalue weighted by atomic mass is 9.96. The fourth-order valence-corrected chi connectivity index (χ4v) is 2.61. The number of halogens is 4. The van der Waals surface area contributed by atoms with Crippen LogP contribution >= 0.6 is 12.4 Å². The topological polar surface area (TPSA) is 92.6 Å². The van der Waals surface area contributed by atoms with E-state index in [9.17, 15) is 18.0 Å². The van der Waals surface area contributed by atoms with Gasteiger partial charge >= 0.3 is 12.1 Å². The number of carbonyl (C=O) groups is 1. The molecule has 0 radical (unpaired) electrons. The molecule has 7 nitrogen and oxygen atoms in total. The van der Waals surface area contributed by atoms with Crippen LogP contribution in [0.5, 0.6) is 0 Å². The standard InChI is InChI=1S/C13H12F3N3O4.ClH/c14-13(15,16)8-5-19(4-7(8)12(20)21)6-10-17-11(18-23-10)9-2-1-3-22-9;/h1-3,7-8H,4-6H2,(H,20,21);1H/t7-,8-;/m1./s1. The smallest absolute Gasteiger partial charge is 0.393 e. The molecule has 2 atom stereocenters. The van der Waals surface area contributed by atoms with Gasteiger partial charge in [-0.25, -0.2) is 0 Å². The van der Waals surface area contributed by atoms with Gasteiger partial charge in [0.25, 0.3) is 0 Å². The second-order valence-corrected chi connectivity index (χ2v) is 5.28. The molecule has 0 saturated carbocycles. The lowest BCUT2D eigenvalue weighted by Gasteiger charge is -2.17. The van der Waals surface area contributed by atoms with Gasteiger partial charge in [-0.3, -0.25) is 9.69 Å². The molecule has 11 heteroatoms. The summed E-state index contributed by atoms with van der Waals surface area (Å²) in [4.78, 5) is 16.4. The lowest BCUT2D eigenvalue weighted by Crippen LogP contribution is -2.33. The third-order valence-corrected chi connectivity index (χ3v) is 3.70. The summed E-state index contributed by atoms with van der Waals surface area (Å²) in [5.74, 6) is -4.21. The van der Waals surface area contributed by atoms with Crippen molar-refractivity contribution in [1.29, 1.82) is 0 Å². The fourth-order valence-electron chi connectivity index (χ4n) is 2.61. The molecule has 0 aromatic carbocycles. The van der Waals surface area contributed by atoms with Crippen LogP contribution in [0.2, 0.25) is 0 Å². The normalized spacial score (nSPS) is 21.6. The first-order valence-corrected chi connectivity index (χ1v) is 6.73. The SMILES string of the molecule is Cl.O=C(O)[C@@H]1CN(Cc2nc(-c3ccco3)no2)C[C@H]1C(F)(F)F. The Labute approximate surface area is 139 Å². The Bertz CT molecular complexity index is 689. The van der Waals surface area contributed by atoms with Gasteiger partial charge in [-0.05, 0) is 12.1 Å². The number of aromatic nitrogens is 2. The molecule has 1 saturated heterocycles. The Balaban J connectivity index is 0.00000208. The van der Waals surface area contributed by atoms with Gasteiger partial charge in [0, 0.05) is 13.1 Å². The predicted molar refractivity (Wildman–Crippen MR) is 75.2 cm³/mol. The average Bonchev–Trinajstić information content (AvgIpc) is 3.17. The minimum Gasteiger partial charge on any atom is -0.481 e. The summed E-state index contributed by atoms with van der Waals surface area (Å²) < 4.78 is 48.8. The van der Waals surface area contributed by atoms with E-state index in [1.165, 1.54) is 11.2 Å². The van der Waals surface area contributed by atoms with Gasteiger partial charge in [-0.15, -0.1) is 12.4 Å². The van der Waals surface area contributed by atoms with Crippen molar-refractivity contribution < 1.29 is 32.0 Å². The molecule has 1 fully saturated rings. The van der Waals surface area contributed by atoms with Gasteiger partial charge in [-0.2, -0.15) is 18.2 Å². The summed E-state index contributed by atoms with van der Waals surface area (Å²) >= 11 is 0. The fraction of sp³-hybridized carbons (Fsp3) is 0.462. The van der Waals surface area contributed by atoms with Crippen LogP contribution in [0.3, 0.4) is 0 Å². The molecule has 1 aliphatic rings. The number of carboxylic acids is 1. The molecule has 0 bridgehead atoms. The monoisotopic (exact) mass is 367 g/mol. The Hall–Kier alpha value is -2.07. The third kappa shape index (κ3) is 3.70. The van der Waals surface area contributed by atoms with Gasteiger partial charge in [-0.1, -0.05) is 5.16 Å². The molecule has 24 heavy (non-hydrogen) atoms. The second-order valence-electron chi connectivity index (χ2n) is 5.28. The van der Waals surface area contributed by atoms with E-state index < -0.39 is 30.5 Å². The quantitative estimate of drug-likeness (QED) is 0.887. The number of carboxylic acid groups (broad SMARTS) is 1. The Morgan fingerprint density at radius 3 is 2.71 bits per heavy atom. The highest BCUT2D eigenvalue weighted by molar-refractivity contribution is 5.85. The molecule has 3 heterocycles. The first kappa shape index (κ1) is 18.3. The van der Waals surface area contributed by atoms with E-state index in [4.69, 9.17) is 14.0 Å². The van der Waals surface area contributed by atoms with E-state index in [-0.39, 0.29) is 37.2 Å². The molecule has 3 rings (SSSR count). The van der Waals surface area contributed by atoms with Crippen molar-refractivity contribution in [3.63, 3.8) is 0 Å². The maximum Gasteiger partial charge on any atom is 0.393 e. The molecule has 1 N–H and O–H groups in total. The maximum atomic E-state index is 12.9. The Morgan fingerprint density at radius 1 is 1.42 bits per heavy atom. The molecular formula is C13H13ClF3N3O4. The van der Waals surface area contributed by atoms with E-state index in [1.807, 2.05) is 0 Å². The number of furan rings is 1. The molecule has 1 aliphatic heterocycles. The summed E-state index contributed by atoms with van der Waals surface area (Å²) in [6.07, 6.45) is -3.14. The molecule has 0 spiro atoms. The number of nitrogens with zero attached hydrogens (tertiary/aromatic N) is 3. The highest BCUT2D eigenvalue weighted by Crippen LogP contribution is 2.38. The van der Waals surface area contributed by atoms with Crippen LogP contribution in [0.25, 0.3) is 11.6 Å². The third-order valence-electron chi connectivity index (χ3n) is 3.70. The van der Waals surface area contributed by atoms with Crippen molar-refractivity contribution in [1.82, 2.24) is 15.0 Å². The Kier molecular flexibility index (Phi) is 5.19. The zero-order chi connectivity index (χ0) is 16.6. The number of likely N-dealkylation sites (tertiary alicyclic amines) is 1. The Morgan fingerprint density at radius 2 is 2.17 bits per heavy atom. The average molecular weight is 368 g/mol. The summed E-state index contributed by atoms with van der Waals surface area (Å²) in [6.45, 7) is -0.693. The van der Waals surface area contributed by atoms with E-state index in [0.717, 1.165) is 0 Å². The van der Waals surface area contributed by atoms with Crippen molar-refractivity contribution in [2.24, 2.45) is 11.8 Å². The molecular weight excluding hydrogens is 355 g/mol. The van der Waals surface area contributed by atoms with E-state index >= 15 is 0 Å². The number of hydrogen-bond acceptors (Lipinski definition) is 6. The maximum absolute atomic E-state index is 12.9. The highest BCUT2D eigenvalue weighted by Gasteiger charge is 2.52. The van der Waals surface area contributed by atoms with Crippen LogP contribution < -0.4 is 0 Å². The van der Waals surface area contributed by atoms with Crippen LogP contribution in [0.4, 0.5) is 13.2 Å². The van der Waals surface area contributed by atoms with Gasteiger partial charge in [0.1, 0.15) is 0 Å². The zero-order valence-corrected chi connectivity index (χ0v) is 12.9. The molecule has 0 unspecified atom stereocenters. The molecule has 0 aliphatic carbocycles. The highest BCUT2D eigenvalue weighted by atomic mass is 35.5. The summed E-state index contributed by atoms with van der Waals surface area (Å²) in [5.41, 5.74) is 0. The van der Waals surface area contributed by atoms with Crippen molar-refractivity contribution in [2.45, 2.75) is 12.7 Å². The lowest BCUT2D eigenvalue weighted by molar-refractivity contribution is -0.188. The predicted octanol–water partition coefficient (Wildman–Crippen LogP) is 2.45. The van der Waals surface area contributed by atoms with Crippen molar-refractivity contribution in [2.75, 3.05) is 13.1 Å². The van der Waals surface area contributed by atoms with Crippen LogP contribution in [-0.2, 0) is 11.3 Å². The first-order valence-electron chi connectivity index (χ1n) is 6.73.